The van der Waals surface area contributed by atoms with Crippen LogP contribution in [0.2, 0.25) is 0 Å². The van der Waals surface area contributed by atoms with Crippen molar-refractivity contribution < 1.29 is 13.6 Å². The summed E-state index contributed by atoms with van der Waals surface area (Å²) in [6.45, 7) is 2.31. The van der Waals surface area contributed by atoms with Gasteiger partial charge in [-0.15, -0.1) is 10.2 Å². The van der Waals surface area contributed by atoms with Crippen molar-refractivity contribution >= 4 is 5.91 Å². The number of amides is 1. The SMILES string of the molecule is O=C(c1ccc(-c2ccc(F)cc2)o1)N1CCCC(c2nnc3n2CCCCC3)C1. The molecule has 0 spiro atoms. The number of rotatable bonds is 3. The molecule has 1 unspecified atom stereocenters. The molecular formula is C23H25FN4O2. The molecule has 6 nitrogen and oxygen atoms in total. The van der Waals surface area contributed by atoms with E-state index in [0.717, 1.165) is 49.4 Å². The van der Waals surface area contributed by atoms with Crippen LogP contribution in [-0.2, 0) is 13.0 Å². The van der Waals surface area contributed by atoms with Crippen LogP contribution in [0, 0.1) is 5.82 Å². The van der Waals surface area contributed by atoms with Gasteiger partial charge in [0.2, 0.25) is 0 Å². The number of halogens is 1. The number of fused-ring (bicyclic) bond motifs is 1. The van der Waals surface area contributed by atoms with Crippen molar-refractivity contribution in [2.24, 2.45) is 0 Å². The zero-order valence-corrected chi connectivity index (χ0v) is 16.9. The number of nitrogens with zero attached hydrogens (tertiary/aromatic N) is 4. The summed E-state index contributed by atoms with van der Waals surface area (Å²) in [5.74, 6) is 2.78. The van der Waals surface area contributed by atoms with E-state index in [1.807, 2.05) is 4.90 Å². The Morgan fingerprint density at radius 3 is 2.73 bits per heavy atom. The molecule has 1 saturated heterocycles. The number of aromatic nitrogens is 3. The van der Waals surface area contributed by atoms with Crippen molar-refractivity contribution in [3.8, 4) is 11.3 Å². The lowest BCUT2D eigenvalue weighted by atomic mass is 9.96. The first-order valence-electron chi connectivity index (χ1n) is 10.8. The molecule has 1 fully saturated rings. The second kappa shape index (κ2) is 8.05. The fraction of sp³-hybridized carbons (Fsp3) is 0.435. The zero-order valence-electron chi connectivity index (χ0n) is 16.9. The number of hydrogen-bond acceptors (Lipinski definition) is 4. The van der Waals surface area contributed by atoms with Crippen molar-refractivity contribution in [1.29, 1.82) is 0 Å². The highest BCUT2D eigenvalue weighted by atomic mass is 19.1. The minimum atomic E-state index is -0.299. The predicted molar refractivity (Wildman–Crippen MR) is 110 cm³/mol. The van der Waals surface area contributed by atoms with E-state index in [0.29, 0.717) is 24.6 Å². The molecule has 1 atom stereocenters. The van der Waals surface area contributed by atoms with E-state index in [1.165, 1.54) is 25.0 Å². The van der Waals surface area contributed by atoms with Gasteiger partial charge in [-0.3, -0.25) is 4.79 Å². The smallest absolute Gasteiger partial charge is 0.289 e. The topological polar surface area (TPSA) is 64.2 Å². The van der Waals surface area contributed by atoms with Gasteiger partial charge in [-0.05, 0) is 62.1 Å². The third-order valence-corrected chi connectivity index (χ3v) is 6.16. The number of aryl methyl sites for hydroxylation is 1. The summed E-state index contributed by atoms with van der Waals surface area (Å²) in [5.41, 5.74) is 0.748. The Bertz CT molecular complexity index is 1040. The minimum absolute atomic E-state index is 0.108. The largest absolute Gasteiger partial charge is 0.451 e. The van der Waals surface area contributed by atoms with Crippen molar-refractivity contribution in [1.82, 2.24) is 19.7 Å². The molecule has 0 N–H and O–H groups in total. The number of benzene rings is 1. The predicted octanol–water partition coefficient (Wildman–Crippen LogP) is 4.42. The minimum Gasteiger partial charge on any atom is -0.451 e. The monoisotopic (exact) mass is 408 g/mol. The number of hydrogen-bond donors (Lipinski definition) is 0. The highest BCUT2D eigenvalue weighted by molar-refractivity contribution is 5.92. The summed E-state index contributed by atoms with van der Waals surface area (Å²) in [6, 6.07) is 9.53. The van der Waals surface area contributed by atoms with Crippen LogP contribution >= 0.6 is 0 Å². The number of piperidine rings is 1. The number of likely N-dealkylation sites (tertiary alicyclic amines) is 1. The van der Waals surface area contributed by atoms with Crippen LogP contribution in [0.5, 0.6) is 0 Å². The van der Waals surface area contributed by atoms with Gasteiger partial charge < -0.3 is 13.9 Å². The lowest BCUT2D eigenvalue weighted by Crippen LogP contribution is -2.39. The van der Waals surface area contributed by atoms with Crippen LogP contribution in [-0.4, -0.2) is 38.7 Å². The summed E-state index contributed by atoms with van der Waals surface area (Å²) >= 11 is 0. The van der Waals surface area contributed by atoms with Gasteiger partial charge in [-0.2, -0.15) is 0 Å². The molecule has 5 rings (SSSR count). The van der Waals surface area contributed by atoms with Crippen molar-refractivity contribution in [3.05, 3.63) is 59.6 Å². The van der Waals surface area contributed by atoms with Crippen LogP contribution in [0.25, 0.3) is 11.3 Å². The average molecular weight is 408 g/mol. The molecule has 0 radical (unpaired) electrons. The molecule has 0 bridgehead atoms. The number of carbonyl (C=O) groups excluding carboxylic acids is 1. The molecule has 4 heterocycles. The van der Waals surface area contributed by atoms with Gasteiger partial charge in [-0.1, -0.05) is 6.42 Å². The molecule has 7 heteroatoms. The van der Waals surface area contributed by atoms with E-state index in [2.05, 4.69) is 14.8 Å². The first-order chi connectivity index (χ1) is 14.7. The molecule has 2 aliphatic heterocycles. The molecule has 0 aliphatic carbocycles. The molecule has 156 valence electrons. The summed E-state index contributed by atoms with van der Waals surface area (Å²) < 4.78 is 21.3. The van der Waals surface area contributed by atoms with Gasteiger partial charge in [0.05, 0.1) is 0 Å². The normalized spacial score (nSPS) is 19.4. The maximum Gasteiger partial charge on any atom is 0.289 e. The van der Waals surface area contributed by atoms with Gasteiger partial charge in [0, 0.05) is 37.5 Å². The maximum atomic E-state index is 13.2. The zero-order chi connectivity index (χ0) is 20.5. The van der Waals surface area contributed by atoms with Gasteiger partial charge >= 0.3 is 0 Å². The first kappa shape index (κ1) is 19.0. The van der Waals surface area contributed by atoms with Crippen molar-refractivity contribution in [3.63, 3.8) is 0 Å². The Hall–Kier alpha value is -2.96. The highest BCUT2D eigenvalue weighted by Gasteiger charge is 2.31. The molecule has 2 aromatic heterocycles. The van der Waals surface area contributed by atoms with Crippen LogP contribution in [0.4, 0.5) is 4.39 Å². The lowest BCUT2D eigenvalue weighted by Gasteiger charge is -2.32. The van der Waals surface area contributed by atoms with E-state index in [1.54, 1.807) is 24.3 Å². The van der Waals surface area contributed by atoms with E-state index in [-0.39, 0.29) is 17.6 Å². The third kappa shape index (κ3) is 3.64. The Balaban J connectivity index is 1.32. The Kier molecular flexibility index (Phi) is 5.11. The molecule has 1 aromatic carbocycles. The van der Waals surface area contributed by atoms with Gasteiger partial charge in [-0.25, -0.2) is 4.39 Å². The van der Waals surface area contributed by atoms with Crippen molar-refractivity contribution in [2.75, 3.05) is 13.1 Å². The fourth-order valence-corrected chi connectivity index (χ4v) is 4.56. The van der Waals surface area contributed by atoms with Crippen LogP contribution in [0.1, 0.15) is 60.2 Å². The molecule has 0 saturated carbocycles. The van der Waals surface area contributed by atoms with Crippen LogP contribution in [0.3, 0.4) is 0 Å². The Morgan fingerprint density at radius 1 is 1.00 bits per heavy atom. The molecule has 30 heavy (non-hydrogen) atoms. The second-order valence-electron chi connectivity index (χ2n) is 8.20. The second-order valence-corrected chi connectivity index (χ2v) is 8.20. The summed E-state index contributed by atoms with van der Waals surface area (Å²) in [7, 11) is 0. The van der Waals surface area contributed by atoms with Crippen molar-refractivity contribution in [2.45, 2.75) is 51.0 Å². The van der Waals surface area contributed by atoms with E-state index < -0.39 is 0 Å². The molecule has 3 aromatic rings. The van der Waals surface area contributed by atoms with Crippen LogP contribution in [0.15, 0.2) is 40.8 Å². The highest BCUT2D eigenvalue weighted by Crippen LogP contribution is 2.30. The first-order valence-corrected chi connectivity index (χ1v) is 10.8. The van der Waals surface area contributed by atoms with Gasteiger partial charge in [0.25, 0.3) is 5.91 Å². The number of carbonyl (C=O) groups is 1. The fourth-order valence-electron chi connectivity index (χ4n) is 4.56. The summed E-state index contributed by atoms with van der Waals surface area (Å²) in [6.07, 6.45) is 6.49. The summed E-state index contributed by atoms with van der Waals surface area (Å²) in [5, 5.41) is 8.93. The quantitative estimate of drug-likeness (QED) is 0.643. The lowest BCUT2D eigenvalue weighted by molar-refractivity contribution is 0.0672. The van der Waals surface area contributed by atoms with E-state index in [4.69, 9.17) is 4.42 Å². The van der Waals surface area contributed by atoms with Gasteiger partial charge in [0.1, 0.15) is 23.2 Å². The van der Waals surface area contributed by atoms with E-state index >= 15 is 0 Å². The molecule has 2 aliphatic rings. The van der Waals surface area contributed by atoms with Gasteiger partial charge in [0.15, 0.2) is 5.76 Å². The average Bonchev–Trinajstić information content (AvgIpc) is 3.36. The van der Waals surface area contributed by atoms with Crippen LogP contribution < -0.4 is 0 Å². The maximum absolute atomic E-state index is 13.2. The summed E-state index contributed by atoms with van der Waals surface area (Å²) in [4.78, 5) is 14.9. The Morgan fingerprint density at radius 2 is 1.87 bits per heavy atom. The number of furan rings is 1. The molecule has 1 amide bonds. The van der Waals surface area contributed by atoms with E-state index in [9.17, 15) is 9.18 Å². The Labute approximate surface area is 174 Å². The standard InChI is InChI=1S/C23H25FN4O2/c24-18-9-7-16(8-10-18)19-11-12-20(30-19)23(29)27-13-4-5-17(15-27)22-26-25-21-6-2-1-3-14-28(21)22/h7-12,17H,1-6,13-15H2. The molecular weight excluding hydrogens is 383 g/mol. The third-order valence-electron chi connectivity index (χ3n) is 6.16.